The predicted molar refractivity (Wildman–Crippen MR) is 92.7 cm³/mol. The zero-order valence-corrected chi connectivity index (χ0v) is 15.0. The highest BCUT2D eigenvalue weighted by Crippen LogP contribution is 2.38. The second-order valence-electron chi connectivity index (χ2n) is 6.32. The van der Waals surface area contributed by atoms with Crippen molar-refractivity contribution >= 4 is 29.1 Å². The van der Waals surface area contributed by atoms with Crippen molar-refractivity contribution in [2.24, 2.45) is 11.8 Å². The van der Waals surface area contributed by atoms with Gasteiger partial charge < -0.3 is 10.4 Å². The molecular formula is C18H15ClF4N2O3. The molecule has 5 nitrogen and oxygen atoms in total. The molecular weight excluding hydrogens is 404 g/mol. The monoisotopic (exact) mass is 418 g/mol. The summed E-state index contributed by atoms with van der Waals surface area (Å²) in [5, 5.41) is 11.2. The van der Waals surface area contributed by atoms with Crippen molar-refractivity contribution in [1.82, 2.24) is 4.58 Å². The van der Waals surface area contributed by atoms with E-state index in [1.807, 2.05) is 0 Å². The van der Waals surface area contributed by atoms with Gasteiger partial charge in [0.05, 0.1) is 23.5 Å². The molecule has 0 aromatic heterocycles. The van der Waals surface area contributed by atoms with Crippen molar-refractivity contribution in [2.75, 3.05) is 18.5 Å². The molecule has 0 radical (unpaired) electrons. The molecule has 150 valence electrons. The van der Waals surface area contributed by atoms with E-state index in [1.54, 1.807) is 0 Å². The van der Waals surface area contributed by atoms with Gasteiger partial charge in [0.2, 0.25) is 0 Å². The maximum absolute atomic E-state index is 14.3. The topological polar surface area (TPSA) is 61.8 Å². The number of hydroxylamine groups is 1. The molecule has 1 fully saturated rings. The highest BCUT2D eigenvalue weighted by atomic mass is 35.5. The van der Waals surface area contributed by atoms with Gasteiger partial charge in [-0.15, -0.1) is 4.58 Å². The van der Waals surface area contributed by atoms with Crippen LogP contribution in [0.4, 0.5) is 28.9 Å². The summed E-state index contributed by atoms with van der Waals surface area (Å²) in [6, 6.07) is 4.10. The maximum atomic E-state index is 14.3. The van der Waals surface area contributed by atoms with Crippen LogP contribution in [0.3, 0.4) is 0 Å². The Labute approximate surface area is 162 Å². The lowest BCUT2D eigenvalue weighted by Crippen LogP contribution is -2.24. The standard InChI is InChI=1S/C18H15ClF4N2O3/c19-25(28-8-10-5-9(10)7-26)18(27)12-2-3-13(21)16(23)17(12)24-15-4-1-11(20)6-14(15)22/h1-4,6,9-10,24,26H,5,7-8H2. The van der Waals surface area contributed by atoms with E-state index < -0.39 is 40.4 Å². The zero-order valence-electron chi connectivity index (χ0n) is 14.3. The van der Waals surface area contributed by atoms with E-state index in [9.17, 15) is 22.4 Å². The molecule has 1 aliphatic carbocycles. The van der Waals surface area contributed by atoms with Crippen LogP contribution in [0.5, 0.6) is 0 Å². The van der Waals surface area contributed by atoms with Crippen molar-refractivity contribution in [3.63, 3.8) is 0 Å². The molecule has 2 aromatic rings. The Balaban J connectivity index is 1.82. The predicted octanol–water partition coefficient (Wildman–Crippen LogP) is 4.14. The van der Waals surface area contributed by atoms with Crippen molar-refractivity contribution in [3.05, 3.63) is 59.2 Å². The van der Waals surface area contributed by atoms with Gasteiger partial charge in [-0.05, 0) is 42.5 Å². The number of carbonyl (C=O) groups is 1. The van der Waals surface area contributed by atoms with Crippen LogP contribution in [0.25, 0.3) is 0 Å². The number of rotatable bonds is 7. The number of benzene rings is 2. The molecule has 2 aromatic carbocycles. The smallest absolute Gasteiger partial charge is 0.295 e. The Morgan fingerprint density at radius 3 is 2.57 bits per heavy atom. The van der Waals surface area contributed by atoms with E-state index in [2.05, 4.69) is 5.32 Å². The first-order chi connectivity index (χ1) is 13.3. The molecule has 10 heteroatoms. The Hall–Kier alpha value is -2.36. The fourth-order valence-corrected chi connectivity index (χ4v) is 2.78. The summed E-state index contributed by atoms with van der Waals surface area (Å²) in [5.74, 6) is -5.57. The van der Waals surface area contributed by atoms with Crippen LogP contribution >= 0.6 is 11.8 Å². The van der Waals surface area contributed by atoms with Crippen LogP contribution in [-0.2, 0) is 4.84 Å². The minimum atomic E-state index is -1.44. The highest BCUT2D eigenvalue weighted by molar-refractivity contribution is 6.24. The molecule has 0 heterocycles. The number of halogens is 5. The average Bonchev–Trinajstić information content (AvgIpc) is 3.43. The molecule has 0 bridgehead atoms. The van der Waals surface area contributed by atoms with E-state index in [0.29, 0.717) is 16.7 Å². The normalized spacial score (nSPS) is 18.1. The molecule has 2 N–H and O–H groups in total. The number of amides is 1. The van der Waals surface area contributed by atoms with Gasteiger partial charge in [0.15, 0.2) is 11.6 Å². The third-order valence-corrected chi connectivity index (χ3v) is 4.63. The fraction of sp³-hybridized carbons (Fsp3) is 0.278. The van der Waals surface area contributed by atoms with Gasteiger partial charge in [0, 0.05) is 24.4 Å². The van der Waals surface area contributed by atoms with Crippen molar-refractivity contribution in [2.45, 2.75) is 6.42 Å². The first kappa shape index (κ1) is 20.4. The van der Waals surface area contributed by atoms with Gasteiger partial charge in [-0.2, -0.15) is 0 Å². The first-order valence-electron chi connectivity index (χ1n) is 8.26. The lowest BCUT2D eigenvalue weighted by atomic mass is 10.1. The summed E-state index contributed by atoms with van der Waals surface area (Å²) in [4.78, 5) is 17.6. The number of aliphatic hydroxyl groups excluding tert-OH is 1. The number of nitrogens with one attached hydrogen (secondary N) is 1. The van der Waals surface area contributed by atoms with Gasteiger partial charge >= 0.3 is 0 Å². The molecule has 2 unspecified atom stereocenters. The third kappa shape index (κ3) is 4.37. The summed E-state index contributed by atoms with van der Waals surface area (Å²) in [7, 11) is 0. The molecule has 2 atom stereocenters. The molecule has 3 rings (SSSR count). The van der Waals surface area contributed by atoms with Crippen LogP contribution in [0.1, 0.15) is 16.8 Å². The zero-order chi connectivity index (χ0) is 20.4. The average molecular weight is 419 g/mol. The van der Waals surface area contributed by atoms with E-state index in [1.165, 1.54) is 0 Å². The maximum Gasteiger partial charge on any atom is 0.295 e. The first-order valence-corrected chi connectivity index (χ1v) is 8.59. The van der Waals surface area contributed by atoms with E-state index in [4.69, 9.17) is 21.7 Å². The van der Waals surface area contributed by atoms with Gasteiger partial charge in [-0.25, -0.2) is 17.6 Å². The summed E-state index contributed by atoms with van der Waals surface area (Å²) < 4.78 is 55.2. The van der Waals surface area contributed by atoms with Gasteiger partial charge in [0.25, 0.3) is 5.91 Å². The molecule has 0 aliphatic heterocycles. The number of aliphatic hydroxyl groups is 1. The van der Waals surface area contributed by atoms with Gasteiger partial charge in [-0.1, -0.05) is 0 Å². The van der Waals surface area contributed by atoms with Gasteiger partial charge in [-0.3, -0.25) is 9.63 Å². The van der Waals surface area contributed by atoms with Crippen molar-refractivity contribution < 1.29 is 32.3 Å². The minimum Gasteiger partial charge on any atom is -0.396 e. The largest absolute Gasteiger partial charge is 0.396 e. The van der Waals surface area contributed by atoms with E-state index >= 15 is 0 Å². The Bertz CT molecular complexity index is 899. The van der Waals surface area contributed by atoms with E-state index in [0.717, 1.165) is 24.6 Å². The molecule has 1 saturated carbocycles. The number of anilines is 2. The molecule has 1 amide bonds. The van der Waals surface area contributed by atoms with E-state index in [-0.39, 0.29) is 30.7 Å². The van der Waals surface area contributed by atoms with Crippen LogP contribution in [-0.4, -0.2) is 28.8 Å². The molecule has 0 spiro atoms. The van der Waals surface area contributed by atoms with Crippen molar-refractivity contribution in [3.8, 4) is 0 Å². The number of carbonyl (C=O) groups excluding carboxylic acids is 1. The van der Waals surface area contributed by atoms with Crippen LogP contribution < -0.4 is 5.32 Å². The van der Waals surface area contributed by atoms with Crippen molar-refractivity contribution in [1.29, 1.82) is 0 Å². The highest BCUT2D eigenvalue weighted by Gasteiger charge is 2.37. The molecule has 1 aliphatic rings. The second kappa shape index (κ2) is 8.34. The number of hydrogen-bond acceptors (Lipinski definition) is 4. The van der Waals surface area contributed by atoms with Crippen LogP contribution in [0.2, 0.25) is 0 Å². The number of hydrogen-bond donors (Lipinski definition) is 2. The Morgan fingerprint density at radius 2 is 1.93 bits per heavy atom. The minimum absolute atomic E-state index is 0.00919. The van der Waals surface area contributed by atoms with Gasteiger partial charge in [0.1, 0.15) is 11.6 Å². The lowest BCUT2D eigenvalue weighted by molar-refractivity contribution is -0.0649. The summed E-state index contributed by atoms with van der Waals surface area (Å²) in [6.07, 6.45) is 0.719. The SMILES string of the molecule is O=C(c1ccc(F)c(F)c1Nc1ccc(F)cc1F)N(Cl)OCC1CC1CO. The summed E-state index contributed by atoms with van der Waals surface area (Å²) in [6.45, 7) is 0.0459. The second-order valence-corrected chi connectivity index (χ2v) is 6.62. The Morgan fingerprint density at radius 1 is 1.18 bits per heavy atom. The fourth-order valence-electron chi connectivity index (χ4n) is 2.63. The van der Waals surface area contributed by atoms with Crippen LogP contribution in [0, 0.1) is 35.1 Å². The Kier molecular flexibility index (Phi) is 6.07. The summed E-state index contributed by atoms with van der Waals surface area (Å²) in [5.41, 5.74) is -1.47. The number of nitrogens with zero attached hydrogens (tertiary/aromatic N) is 1. The van der Waals surface area contributed by atoms with Crippen LogP contribution in [0.15, 0.2) is 30.3 Å². The molecule has 0 saturated heterocycles. The lowest BCUT2D eigenvalue weighted by Gasteiger charge is -2.17. The third-order valence-electron chi connectivity index (χ3n) is 4.38. The molecule has 28 heavy (non-hydrogen) atoms. The summed E-state index contributed by atoms with van der Waals surface area (Å²) >= 11 is 5.78. The quantitative estimate of drug-likeness (QED) is 0.403.